The minimum atomic E-state index is -0.186. The number of carbonyl (C=O) groups excluding carboxylic acids is 1. The summed E-state index contributed by atoms with van der Waals surface area (Å²) in [6, 6.07) is 27.8. The van der Waals surface area contributed by atoms with E-state index in [4.69, 9.17) is 16.3 Å². The summed E-state index contributed by atoms with van der Waals surface area (Å²) in [4.78, 5) is 12.4. The maximum atomic E-state index is 12.4. The second-order valence-electron chi connectivity index (χ2n) is 8.02. The zero-order chi connectivity index (χ0) is 23.0. The number of rotatable bonds is 9. The third-order valence-corrected chi connectivity index (χ3v) is 5.75. The molecule has 0 fully saturated rings. The highest BCUT2D eigenvalue weighted by molar-refractivity contribution is 6.30. The Kier molecular flexibility index (Phi) is 7.61. The fourth-order valence-corrected chi connectivity index (χ4v) is 3.83. The van der Waals surface area contributed by atoms with Crippen LogP contribution in [-0.2, 0) is 17.8 Å². The van der Waals surface area contributed by atoms with E-state index in [2.05, 4.69) is 22.8 Å². The summed E-state index contributed by atoms with van der Waals surface area (Å²) in [6.07, 6.45) is 0.900. The van der Waals surface area contributed by atoms with Crippen molar-refractivity contribution in [2.24, 2.45) is 0 Å². The van der Waals surface area contributed by atoms with Crippen LogP contribution in [0.5, 0.6) is 5.75 Å². The molecule has 5 heteroatoms. The minimum absolute atomic E-state index is 0.0516. The lowest BCUT2D eigenvalue weighted by molar-refractivity contribution is -0.118. The fraction of sp³-hybridized carbons (Fsp3) is 0.179. The number of carbonyl (C=O) groups is 1. The number of nitrogens with one attached hydrogen (secondary N) is 2. The third-order valence-electron chi connectivity index (χ3n) is 5.50. The lowest BCUT2D eigenvalue weighted by atomic mass is 10.0. The first-order valence-electron chi connectivity index (χ1n) is 11.0. The normalized spacial score (nSPS) is 10.8. The van der Waals surface area contributed by atoms with Crippen LogP contribution in [-0.4, -0.2) is 19.1 Å². The molecule has 4 aromatic carbocycles. The summed E-state index contributed by atoms with van der Waals surface area (Å²) in [5.74, 6) is 0.528. The zero-order valence-electron chi connectivity index (χ0n) is 18.6. The van der Waals surface area contributed by atoms with E-state index in [0.29, 0.717) is 12.3 Å². The van der Waals surface area contributed by atoms with E-state index >= 15 is 0 Å². The van der Waals surface area contributed by atoms with Crippen LogP contribution >= 0.6 is 11.6 Å². The standard InChI is InChI=1S/C28H27ClN2O2/c1-20-6-13-24(14-7-20)31-28(32)19-33-27-15-10-22-4-2-3-5-25(22)26(27)18-30-17-16-21-8-11-23(29)12-9-21/h2-15,30H,16-19H2,1H3,(H,31,32). The largest absolute Gasteiger partial charge is 0.483 e. The van der Waals surface area contributed by atoms with Crippen LogP contribution in [0, 0.1) is 6.92 Å². The smallest absolute Gasteiger partial charge is 0.262 e. The molecule has 0 aliphatic carbocycles. The van der Waals surface area contributed by atoms with E-state index in [1.54, 1.807) is 0 Å². The molecule has 4 nitrogen and oxygen atoms in total. The van der Waals surface area contributed by atoms with Crippen molar-refractivity contribution in [2.75, 3.05) is 18.5 Å². The van der Waals surface area contributed by atoms with Crippen LogP contribution in [0.15, 0.2) is 84.9 Å². The van der Waals surface area contributed by atoms with Gasteiger partial charge < -0.3 is 15.4 Å². The summed E-state index contributed by atoms with van der Waals surface area (Å²) >= 11 is 5.97. The van der Waals surface area contributed by atoms with Crippen molar-refractivity contribution in [1.29, 1.82) is 0 Å². The van der Waals surface area contributed by atoms with Crippen LogP contribution in [0.2, 0.25) is 5.02 Å². The molecule has 0 aliphatic heterocycles. The van der Waals surface area contributed by atoms with Crippen LogP contribution in [0.4, 0.5) is 5.69 Å². The topological polar surface area (TPSA) is 50.4 Å². The van der Waals surface area contributed by atoms with Gasteiger partial charge in [-0.15, -0.1) is 0 Å². The van der Waals surface area contributed by atoms with Crippen molar-refractivity contribution in [2.45, 2.75) is 19.9 Å². The van der Waals surface area contributed by atoms with Gasteiger partial charge in [0.2, 0.25) is 0 Å². The number of hydrogen-bond donors (Lipinski definition) is 2. The van der Waals surface area contributed by atoms with E-state index in [9.17, 15) is 4.79 Å². The van der Waals surface area contributed by atoms with Crippen LogP contribution < -0.4 is 15.4 Å². The number of hydrogen-bond acceptors (Lipinski definition) is 3. The van der Waals surface area contributed by atoms with Crippen molar-refractivity contribution in [3.8, 4) is 5.75 Å². The molecule has 4 aromatic rings. The maximum Gasteiger partial charge on any atom is 0.262 e. The molecule has 0 bridgehead atoms. The predicted molar refractivity (Wildman–Crippen MR) is 136 cm³/mol. The first kappa shape index (κ1) is 22.8. The molecular formula is C28H27ClN2O2. The third kappa shape index (κ3) is 6.35. The molecule has 0 saturated carbocycles. The van der Waals surface area contributed by atoms with E-state index in [0.717, 1.165) is 45.6 Å². The Morgan fingerprint density at radius 1 is 0.909 bits per heavy atom. The number of anilines is 1. The number of ether oxygens (including phenoxy) is 1. The monoisotopic (exact) mass is 458 g/mol. The van der Waals surface area contributed by atoms with E-state index < -0.39 is 0 Å². The van der Waals surface area contributed by atoms with E-state index in [-0.39, 0.29) is 12.5 Å². The molecular weight excluding hydrogens is 432 g/mol. The molecule has 1 amide bonds. The van der Waals surface area contributed by atoms with Gasteiger partial charge in [-0.25, -0.2) is 0 Å². The van der Waals surface area contributed by atoms with Crippen molar-refractivity contribution in [1.82, 2.24) is 5.32 Å². The molecule has 0 unspecified atom stereocenters. The lowest BCUT2D eigenvalue weighted by Gasteiger charge is -2.15. The molecule has 168 valence electrons. The Labute approximate surface area is 199 Å². The van der Waals surface area contributed by atoms with Gasteiger partial charge in [0.1, 0.15) is 5.75 Å². The number of fused-ring (bicyclic) bond motifs is 1. The summed E-state index contributed by atoms with van der Waals surface area (Å²) in [6.45, 7) is 3.42. The van der Waals surface area contributed by atoms with Gasteiger partial charge in [-0.1, -0.05) is 71.8 Å². The summed E-state index contributed by atoms with van der Waals surface area (Å²) in [5, 5.41) is 9.40. The Hall–Kier alpha value is -3.34. The van der Waals surface area contributed by atoms with Gasteiger partial charge in [-0.2, -0.15) is 0 Å². The molecule has 0 aliphatic rings. The summed E-state index contributed by atoms with van der Waals surface area (Å²) in [5.41, 5.74) is 4.19. The van der Waals surface area contributed by atoms with Gasteiger partial charge >= 0.3 is 0 Å². The Balaban J connectivity index is 1.41. The quantitative estimate of drug-likeness (QED) is 0.296. The van der Waals surface area contributed by atoms with E-state index in [1.807, 2.05) is 79.7 Å². The molecule has 33 heavy (non-hydrogen) atoms. The van der Waals surface area contributed by atoms with Crippen molar-refractivity contribution in [3.05, 3.63) is 107 Å². The highest BCUT2D eigenvalue weighted by Crippen LogP contribution is 2.28. The Bertz CT molecular complexity index is 1220. The highest BCUT2D eigenvalue weighted by atomic mass is 35.5. The maximum absolute atomic E-state index is 12.4. The van der Waals surface area contributed by atoms with Gasteiger partial charge in [0, 0.05) is 22.8 Å². The van der Waals surface area contributed by atoms with E-state index in [1.165, 1.54) is 5.56 Å². The van der Waals surface area contributed by atoms with Gasteiger partial charge in [0.15, 0.2) is 6.61 Å². The summed E-state index contributed by atoms with van der Waals surface area (Å²) < 4.78 is 5.96. The lowest BCUT2D eigenvalue weighted by Crippen LogP contribution is -2.22. The fourth-order valence-electron chi connectivity index (χ4n) is 3.71. The molecule has 0 heterocycles. The summed E-state index contributed by atoms with van der Waals surface area (Å²) in [7, 11) is 0. The van der Waals surface area contributed by atoms with Gasteiger partial charge in [0.05, 0.1) is 0 Å². The highest BCUT2D eigenvalue weighted by Gasteiger charge is 2.11. The number of benzene rings is 4. The Morgan fingerprint density at radius 3 is 2.45 bits per heavy atom. The molecule has 0 atom stereocenters. The van der Waals surface area contributed by atoms with Crippen LogP contribution in [0.1, 0.15) is 16.7 Å². The van der Waals surface area contributed by atoms with Crippen molar-refractivity contribution >= 4 is 34.0 Å². The SMILES string of the molecule is Cc1ccc(NC(=O)COc2ccc3ccccc3c2CNCCc2ccc(Cl)cc2)cc1. The van der Waals surface area contributed by atoms with Gasteiger partial charge in [0.25, 0.3) is 5.91 Å². The second kappa shape index (κ2) is 11.0. The Morgan fingerprint density at radius 2 is 1.67 bits per heavy atom. The average Bonchev–Trinajstić information content (AvgIpc) is 2.83. The average molecular weight is 459 g/mol. The molecule has 4 rings (SSSR count). The predicted octanol–water partition coefficient (Wildman–Crippen LogP) is 6.15. The van der Waals surface area contributed by atoms with Gasteiger partial charge in [-0.3, -0.25) is 4.79 Å². The first-order valence-corrected chi connectivity index (χ1v) is 11.4. The minimum Gasteiger partial charge on any atom is -0.483 e. The van der Waals surface area contributed by atoms with Gasteiger partial charge in [-0.05, 0) is 66.6 Å². The second-order valence-corrected chi connectivity index (χ2v) is 8.46. The number of halogens is 1. The molecule has 0 saturated heterocycles. The van der Waals surface area contributed by atoms with Crippen molar-refractivity contribution < 1.29 is 9.53 Å². The molecule has 2 N–H and O–H groups in total. The zero-order valence-corrected chi connectivity index (χ0v) is 19.4. The molecule has 0 radical (unpaired) electrons. The van der Waals surface area contributed by atoms with Crippen LogP contribution in [0.25, 0.3) is 10.8 Å². The molecule has 0 spiro atoms. The van der Waals surface area contributed by atoms with Crippen molar-refractivity contribution in [3.63, 3.8) is 0 Å². The first-order chi connectivity index (χ1) is 16.1. The van der Waals surface area contributed by atoms with Crippen LogP contribution in [0.3, 0.4) is 0 Å². The number of aryl methyl sites for hydroxylation is 1. The number of amides is 1. The molecule has 0 aromatic heterocycles.